The topological polar surface area (TPSA) is 54.9 Å². The Labute approximate surface area is 127 Å². The number of halogens is 1. The molecule has 0 radical (unpaired) electrons. The normalized spacial score (nSPS) is 10.4. The molecule has 2 rings (SSSR count). The number of thioether (sulfide) groups is 1. The van der Waals surface area contributed by atoms with Crippen LogP contribution < -0.4 is 5.32 Å². The van der Waals surface area contributed by atoms with E-state index in [1.54, 1.807) is 12.1 Å². The van der Waals surface area contributed by atoms with E-state index < -0.39 is 5.82 Å². The fraction of sp³-hybridized carbons (Fsp3) is 0.267. The number of nitrogens with zero attached hydrogens (tertiary/aromatic N) is 2. The largest absolute Gasteiger partial charge is 0.322 e. The van der Waals surface area contributed by atoms with E-state index in [1.165, 1.54) is 30.1 Å². The summed E-state index contributed by atoms with van der Waals surface area (Å²) in [5.41, 5.74) is 1.56. The van der Waals surface area contributed by atoms with Gasteiger partial charge in [0.1, 0.15) is 5.82 Å². The van der Waals surface area contributed by atoms with Gasteiger partial charge in [-0.05, 0) is 30.9 Å². The number of amides is 1. The van der Waals surface area contributed by atoms with E-state index in [4.69, 9.17) is 0 Å². The molecule has 6 heteroatoms. The van der Waals surface area contributed by atoms with Gasteiger partial charge in [-0.1, -0.05) is 31.2 Å². The van der Waals surface area contributed by atoms with Crippen LogP contribution in [0.15, 0.2) is 35.6 Å². The van der Waals surface area contributed by atoms with E-state index in [0.717, 1.165) is 6.42 Å². The Kier molecular flexibility index (Phi) is 5.27. The molecule has 110 valence electrons. The molecule has 4 nitrogen and oxygen atoms in total. The van der Waals surface area contributed by atoms with E-state index in [9.17, 15) is 9.18 Å². The van der Waals surface area contributed by atoms with Crippen LogP contribution in [0, 0.1) is 5.82 Å². The number of nitrogens with one attached hydrogen (secondary N) is 1. The first-order valence-electron chi connectivity index (χ1n) is 6.61. The second kappa shape index (κ2) is 7.17. The molecule has 0 aliphatic rings. The number of aromatic nitrogens is 2. The van der Waals surface area contributed by atoms with Gasteiger partial charge in [-0.15, -0.1) is 0 Å². The zero-order valence-corrected chi connectivity index (χ0v) is 12.7. The predicted octanol–water partition coefficient (Wildman–Crippen LogP) is 3.54. The van der Waals surface area contributed by atoms with Crippen molar-refractivity contribution in [3.05, 3.63) is 47.5 Å². The van der Waals surface area contributed by atoms with Gasteiger partial charge in [0.15, 0.2) is 5.16 Å². The Morgan fingerprint density at radius 1 is 1.43 bits per heavy atom. The van der Waals surface area contributed by atoms with Crippen LogP contribution in [0.25, 0.3) is 0 Å². The Balaban J connectivity index is 2.25. The third-order valence-electron chi connectivity index (χ3n) is 2.84. The summed E-state index contributed by atoms with van der Waals surface area (Å²) in [7, 11) is 0. The zero-order chi connectivity index (χ0) is 15.2. The Bertz CT molecular complexity index is 649. The minimum atomic E-state index is -0.393. The molecule has 0 unspecified atom stereocenters. The number of benzene rings is 1. The van der Waals surface area contributed by atoms with E-state index >= 15 is 0 Å². The fourth-order valence-electron chi connectivity index (χ4n) is 1.88. The SMILES string of the molecule is CCCc1nc(SC)ncc1C(=O)Nc1cccc(F)c1. The molecule has 0 bridgehead atoms. The van der Waals surface area contributed by atoms with Gasteiger partial charge in [-0.2, -0.15) is 0 Å². The molecule has 0 saturated carbocycles. The van der Waals surface area contributed by atoms with Gasteiger partial charge in [0.2, 0.25) is 0 Å². The van der Waals surface area contributed by atoms with Crippen molar-refractivity contribution in [1.82, 2.24) is 9.97 Å². The molecular weight excluding hydrogens is 289 g/mol. The lowest BCUT2D eigenvalue weighted by Crippen LogP contribution is -2.16. The lowest BCUT2D eigenvalue weighted by molar-refractivity contribution is 0.102. The summed E-state index contributed by atoms with van der Waals surface area (Å²) in [6.07, 6.45) is 4.99. The highest BCUT2D eigenvalue weighted by Crippen LogP contribution is 2.16. The average molecular weight is 305 g/mol. The van der Waals surface area contributed by atoms with Gasteiger partial charge in [0, 0.05) is 11.9 Å². The number of aryl methyl sites for hydroxylation is 1. The van der Waals surface area contributed by atoms with Crippen LogP contribution in [0.2, 0.25) is 0 Å². The maximum atomic E-state index is 13.1. The van der Waals surface area contributed by atoms with Crippen LogP contribution >= 0.6 is 11.8 Å². The van der Waals surface area contributed by atoms with Crippen LogP contribution in [-0.4, -0.2) is 22.1 Å². The van der Waals surface area contributed by atoms with E-state index in [2.05, 4.69) is 15.3 Å². The first-order valence-corrected chi connectivity index (χ1v) is 7.83. The van der Waals surface area contributed by atoms with Gasteiger partial charge >= 0.3 is 0 Å². The third-order valence-corrected chi connectivity index (χ3v) is 3.40. The Morgan fingerprint density at radius 3 is 2.90 bits per heavy atom. The van der Waals surface area contributed by atoms with Crippen LogP contribution in [0.4, 0.5) is 10.1 Å². The lowest BCUT2D eigenvalue weighted by Gasteiger charge is -2.09. The van der Waals surface area contributed by atoms with Crippen LogP contribution in [0.5, 0.6) is 0 Å². The summed E-state index contributed by atoms with van der Waals surface area (Å²) < 4.78 is 13.1. The number of rotatable bonds is 5. The maximum absolute atomic E-state index is 13.1. The highest BCUT2D eigenvalue weighted by molar-refractivity contribution is 7.98. The monoisotopic (exact) mass is 305 g/mol. The highest BCUT2D eigenvalue weighted by atomic mass is 32.2. The molecule has 2 aromatic rings. The van der Waals surface area contributed by atoms with Crippen LogP contribution in [0.1, 0.15) is 29.4 Å². The summed E-state index contributed by atoms with van der Waals surface area (Å²) >= 11 is 1.43. The van der Waals surface area contributed by atoms with Crippen molar-refractivity contribution in [3.8, 4) is 0 Å². The molecule has 0 saturated heterocycles. The van der Waals surface area contributed by atoms with E-state index in [-0.39, 0.29) is 5.91 Å². The quantitative estimate of drug-likeness (QED) is 0.678. The summed E-state index contributed by atoms with van der Waals surface area (Å²) in [5.74, 6) is -0.715. The molecule has 21 heavy (non-hydrogen) atoms. The number of carbonyl (C=O) groups excluding carboxylic acids is 1. The number of hydrogen-bond acceptors (Lipinski definition) is 4. The molecule has 0 aliphatic carbocycles. The minimum absolute atomic E-state index is 0.322. The van der Waals surface area contributed by atoms with Gasteiger partial charge in [-0.3, -0.25) is 4.79 Å². The van der Waals surface area contributed by atoms with Crippen molar-refractivity contribution in [1.29, 1.82) is 0 Å². The first-order chi connectivity index (χ1) is 10.1. The number of anilines is 1. The second-order valence-electron chi connectivity index (χ2n) is 4.43. The van der Waals surface area contributed by atoms with E-state index in [0.29, 0.717) is 28.5 Å². The number of hydrogen-bond donors (Lipinski definition) is 1. The van der Waals surface area contributed by atoms with Crippen molar-refractivity contribution in [2.75, 3.05) is 11.6 Å². The molecule has 0 fully saturated rings. The van der Waals surface area contributed by atoms with Crippen molar-refractivity contribution >= 4 is 23.4 Å². The molecule has 0 spiro atoms. The molecule has 1 aromatic carbocycles. The molecule has 1 amide bonds. The van der Waals surface area contributed by atoms with Crippen LogP contribution in [0.3, 0.4) is 0 Å². The lowest BCUT2D eigenvalue weighted by atomic mass is 10.1. The molecule has 1 heterocycles. The Morgan fingerprint density at radius 2 is 2.24 bits per heavy atom. The molecule has 1 aromatic heterocycles. The zero-order valence-electron chi connectivity index (χ0n) is 11.9. The standard InChI is InChI=1S/C15H16FN3OS/c1-3-5-13-12(9-17-15(19-13)21-2)14(20)18-11-7-4-6-10(16)8-11/h4,6-9H,3,5H2,1-2H3,(H,18,20). The van der Waals surface area contributed by atoms with Gasteiger partial charge in [0.05, 0.1) is 11.3 Å². The van der Waals surface area contributed by atoms with Crippen molar-refractivity contribution < 1.29 is 9.18 Å². The third kappa shape index (κ3) is 4.01. The predicted molar refractivity (Wildman–Crippen MR) is 82.2 cm³/mol. The molecule has 1 N–H and O–H groups in total. The smallest absolute Gasteiger partial charge is 0.259 e. The molecule has 0 atom stereocenters. The second-order valence-corrected chi connectivity index (χ2v) is 5.20. The summed E-state index contributed by atoms with van der Waals surface area (Å²) in [6, 6.07) is 5.78. The van der Waals surface area contributed by atoms with Crippen molar-refractivity contribution in [3.63, 3.8) is 0 Å². The highest BCUT2D eigenvalue weighted by Gasteiger charge is 2.14. The Hall–Kier alpha value is -1.95. The van der Waals surface area contributed by atoms with Crippen molar-refractivity contribution in [2.45, 2.75) is 24.9 Å². The summed E-state index contributed by atoms with van der Waals surface area (Å²) in [4.78, 5) is 20.8. The summed E-state index contributed by atoms with van der Waals surface area (Å²) in [6.45, 7) is 2.02. The fourth-order valence-corrected chi connectivity index (χ4v) is 2.24. The van der Waals surface area contributed by atoms with Gasteiger partial charge in [0.25, 0.3) is 5.91 Å². The van der Waals surface area contributed by atoms with Crippen molar-refractivity contribution in [2.24, 2.45) is 0 Å². The average Bonchev–Trinajstić information content (AvgIpc) is 2.47. The first kappa shape index (κ1) is 15.4. The molecule has 0 aliphatic heterocycles. The van der Waals surface area contributed by atoms with E-state index in [1.807, 2.05) is 13.2 Å². The van der Waals surface area contributed by atoms with Crippen LogP contribution in [-0.2, 0) is 6.42 Å². The number of carbonyl (C=O) groups is 1. The summed E-state index contributed by atoms with van der Waals surface area (Å²) in [5, 5.41) is 3.31. The van der Waals surface area contributed by atoms with Gasteiger partial charge in [-0.25, -0.2) is 14.4 Å². The molecular formula is C15H16FN3OS. The maximum Gasteiger partial charge on any atom is 0.259 e. The van der Waals surface area contributed by atoms with Gasteiger partial charge < -0.3 is 5.32 Å². The minimum Gasteiger partial charge on any atom is -0.322 e.